The predicted molar refractivity (Wildman–Crippen MR) is 79.6 cm³/mol. The first-order chi connectivity index (χ1) is 8.79. The maximum atomic E-state index is 5.49. The van der Waals surface area contributed by atoms with Gasteiger partial charge in [0.2, 0.25) is 0 Å². The molecule has 3 heteroatoms. The molecule has 0 radical (unpaired) electrons. The van der Waals surface area contributed by atoms with E-state index in [4.69, 9.17) is 9.47 Å². The summed E-state index contributed by atoms with van der Waals surface area (Å²) in [7, 11) is 1.70. The normalized spacial score (nSPS) is 12.6. The molecular formula is C15H23BrO2. The highest BCUT2D eigenvalue weighted by molar-refractivity contribution is 9.09. The molecule has 0 saturated heterocycles. The number of aryl methyl sites for hydroxylation is 1. The molecular weight excluding hydrogens is 292 g/mol. The van der Waals surface area contributed by atoms with E-state index in [0.29, 0.717) is 19.1 Å². The van der Waals surface area contributed by atoms with Gasteiger partial charge in [-0.05, 0) is 36.8 Å². The van der Waals surface area contributed by atoms with Gasteiger partial charge in [-0.2, -0.15) is 0 Å². The summed E-state index contributed by atoms with van der Waals surface area (Å²) in [5, 5.41) is 1.01. The maximum Gasteiger partial charge on any atom is 0.0700 e. The molecule has 0 bridgehead atoms. The fourth-order valence-electron chi connectivity index (χ4n) is 2.04. The summed E-state index contributed by atoms with van der Waals surface area (Å²) in [5.41, 5.74) is 2.83. The molecule has 0 fully saturated rings. The second kappa shape index (κ2) is 9.54. The van der Waals surface area contributed by atoms with Gasteiger partial charge >= 0.3 is 0 Å². The standard InChI is InChI=1S/C15H23BrO2/c1-13-6-3-4-8-15(13)14(12-16)7-5-9-18-11-10-17-2/h3-4,6,8,14H,5,7,9-12H2,1-2H3. The lowest BCUT2D eigenvalue weighted by Gasteiger charge is -2.16. The van der Waals surface area contributed by atoms with Crippen LogP contribution in [0.15, 0.2) is 24.3 Å². The lowest BCUT2D eigenvalue weighted by Crippen LogP contribution is -2.07. The van der Waals surface area contributed by atoms with Crippen molar-refractivity contribution in [2.75, 3.05) is 32.3 Å². The Hall–Kier alpha value is -0.380. The summed E-state index contributed by atoms with van der Waals surface area (Å²) in [6.45, 7) is 4.37. The number of hydrogen-bond donors (Lipinski definition) is 0. The van der Waals surface area contributed by atoms with Crippen molar-refractivity contribution in [3.63, 3.8) is 0 Å². The van der Waals surface area contributed by atoms with Crippen LogP contribution >= 0.6 is 15.9 Å². The van der Waals surface area contributed by atoms with Crippen molar-refractivity contribution in [1.29, 1.82) is 0 Å². The molecule has 0 aromatic heterocycles. The van der Waals surface area contributed by atoms with E-state index in [1.165, 1.54) is 11.1 Å². The summed E-state index contributed by atoms with van der Waals surface area (Å²) in [6.07, 6.45) is 2.25. The van der Waals surface area contributed by atoms with E-state index in [2.05, 4.69) is 47.1 Å². The Labute approximate surface area is 119 Å². The van der Waals surface area contributed by atoms with Crippen LogP contribution in [0, 0.1) is 6.92 Å². The molecule has 18 heavy (non-hydrogen) atoms. The highest BCUT2D eigenvalue weighted by atomic mass is 79.9. The van der Waals surface area contributed by atoms with Crippen LogP contribution in [0.1, 0.15) is 29.9 Å². The molecule has 1 unspecified atom stereocenters. The fraction of sp³-hybridized carbons (Fsp3) is 0.600. The van der Waals surface area contributed by atoms with Crippen LogP contribution in [0.3, 0.4) is 0 Å². The molecule has 0 amide bonds. The number of rotatable bonds is 9. The largest absolute Gasteiger partial charge is 0.382 e. The van der Waals surface area contributed by atoms with Gasteiger partial charge in [0, 0.05) is 19.0 Å². The zero-order valence-electron chi connectivity index (χ0n) is 11.3. The van der Waals surface area contributed by atoms with E-state index in [1.807, 2.05) is 0 Å². The van der Waals surface area contributed by atoms with Crippen LogP contribution in [0.25, 0.3) is 0 Å². The minimum absolute atomic E-state index is 0.581. The van der Waals surface area contributed by atoms with Crippen LogP contribution < -0.4 is 0 Å². The van der Waals surface area contributed by atoms with Gasteiger partial charge in [-0.25, -0.2) is 0 Å². The first-order valence-corrected chi connectivity index (χ1v) is 7.60. The second-order valence-electron chi connectivity index (χ2n) is 4.46. The molecule has 0 aliphatic carbocycles. The minimum Gasteiger partial charge on any atom is -0.382 e. The molecule has 1 aromatic carbocycles. The van der Waals surface area contributed by atoms with Gasteiger partial charge in [-0.15, -0.1) is 0 Å². The van der Waals surface area contributed by atoms with E-state index in [1.54, 1.807) is 7.11 Å². The van der Waals surface area contributed by atoms with E-state index in [0.717, 1.165) is 24.8 Å². The average Bonchev–Trinajstić information content (AvgIpc) is 2.39. The van der Waals surface area contributed by atoms with Crippen molar-refractivity contribution in [2.45, 2.75) is 25.7 Å². The Balaban J connectivity index is 2.32. The van der Waals surface area contributed by atoms with E-state index >= 15 is 0 Å². The molecule has 1 rings (SSSR count). The van der Waals surface area contributed by atoms with Crippen molar-refractivity contribution in [2.24, 2.45) is 0 Å². The first kappa shape index (κ1) is 15.7. The van der Waals surface area contributed by atoms with Crippen molar-refractivity contribution in [1.82, 2.24) is 0 Å². The lowest BCUT2D eigenvalue weighted by atomic mass is 9.93. The van der Waals surface area contributed by atoms with Crippen molar-refractivity contribution < 1.29 is 9.47 Å². The Kier molecular flexibility index (Phi) is 8.31. The second-order valence-corrected chi connectivity index (χ2v) is 5.10. The monoisotopic (exact) mass is 314 g/mol. The minimum atomic E-state index is 0.581. The third-order valence-electron chi connectivity index (χ3n) is 3.09. The molecule has 102 valence electrons. The van der Waals surface area contributed by atoms with Gasteiger partial charge in [0.25, 0.3) is 0 Å². The Morgan fingerprint density at radius 2 is 1.94 bits per heavy atom. The van der Waals surface area contributed by atoms with Crippen LogP contribution in [-0.4, -0.2) is 32.3 Å². The smallest absolute Gasteiger partial charge is 0.0700 e. The highest BCUT2D eigenvalue weighted by Gasteiger charge is 2.11. The summed E-state index contributed by atoms with van der Waals surface area (Å²) in [6, 6.07) is 8.62. The Morgan fingerprint density at radius 1 is 1.17 bits per heavy atom. The molecule has 0 spiro atoms. The van der Waals surface area contributed by atoms with E-state index in [9.17, 15) is 0 Å². The van der Waals surface area contributed by atoms with Gasteiger partial charge in [-0.3, -0.25) is 0 Å². The van der Waals surface area contributed by atoms with Gasteiger partial charge in [0.1, 0.15) is 0 Å². The number of alkyl halides is 1. The number of ether oxygens (including phenoxy) is 2. The molecule has 1 aromatic rings. The zero-order chi connectivity index (χ0) is 13.2. The number of benzene rings is 1. The molecule has 0 heterocycles. The molecule has 0 saturated carbocycles. The number of hydrogen-bond acceptors (Lipinski definition) is 2. The third-order valence-corrected chi connectivity index (χ3v) is 3.87. The molecule has 0 aliphatic rings. The maximum absolute atomic E-state index is 5.49. The van der Waals surface area contributed by atoms with Crippen LogP contribution in [0.4, 0.5) is 0 Å². The molecule has 2 nitrogen and oxygen atoms in total. The Morgan fingerprint density at radius 3 is 2.61 bits per heavy atom. The first-order valence-electron chi connectivity index (χ1n) is 6.47. The number of methoxy groups -OCH3 is 1. The highest BCUT2D eigenvalue weighted by Crippen LogP contribution is 2.26. The van der Waals surface area contributed by atoms with Gasteiger partial charge < -0.3 is 9.47 Å². The third kappa shape index (κ3) is 5.51. The number of halogens is 1. The Bertz CT molecular complexity index is 328. The fourth-order valence-corrected chi connectivity index (χ4v) is 2.71. The van der Waals surface area contributed by atoms with Crippen molar-refractivity contribution in [3.05, 3.63) is 35.4 Å². The van der Waals surface area contributed by atoms with Crippen LogP contribution in [-0.2, 0) is 9.47 Å². The summed E-state index contributed by atoms with van der Waals surface area (Å²) in [4.78, 5) is 0. The summed E-state index contributed by atoms with van der Waals surface area (Å²) < 4.78 is 10.4. The molecule has 0 N–H and O–H groups in total. The van der Waals surface area contributed by atoms with E-state index in [-0.39, 0.29) is 0 Å². The predicted octanol–water partition coefficient (Wildman–Crippen LogP) is 3.92. The van der Waals surface area contributed by atoms with Gasteiger partial charge in [-0.1, -0.05) is 40.2 Å². The topological polar surface area (TPSA) is 18.5 Å². The zero-order valence-corrected chi connectivity index (χ0v) is 12.9. The molecule has 1 atom stereocenters. The van der Waals surface area contributed by atoms with Gasteiger partial charge in [0.15, 0.2) is 0 Å². The molecule has 0 aliphatic heterocycles. The lowest BCUT2D eigenvalue weighted by molar-refractivity contribution is 0.0683. The summed E-state index contributed by atoms with van der Waals surface area (Å²) in [5.74, 6) is 0.581. The van der Waals surface area contributed by atoms with E-state index < -0.39 is 0 Å². The van der Waals surface area contributed by atoms with Gasteiger partial charge in [0.05, 0.1) is 13.2 Å². The van der Waals surface area contributed by atoms with Crippen molar-refractivity contribution in [3.8, 4) is 0 Å². The summed E-state index contributed by atoms with van der Waals surface area (Å²) >= 11 is 3.62. The van der Waals surface area contributed by atoms with Crippen LogP contribution in [0.5, 0.6) is 0 Å². The van der Waals surface area contributed by atoms with Crippen molar-refractivity contribution >= 4 is 15.9 Å². The quantitative estimate of drug-likeness (QED) is 0.508. The average molecular weight is 315 g/mol. The van der Waals surface area contributed by atoms with Crippen LogP contribution in [0.2, 0.25) is 0 Å². The SMILES string of the molecule is COCCOCCCC(CBr)c1ccccc1C.